The van der Waals surface area contributed by atoms with Crippen LogP contribution in [0.1, 0.15) is 77.5 Å². The molecule has 0 saturated carbocycles. The third kappa shape index (κ3) is 5.81. The van der Waals surface area contributed by atoms with Crippen molar-refractivity contribution in [2.75, 3.05) is 0 Å². The lowest BCUT2D eigenvalue weighted by molar-refractivity contribution is -0.703. The second-order valence-corrected chi connectivity index (χ2v) is 6.84. The summed E-state index contributed by atoms with van der Waals surface area (Å²) < 4.78 is 4.81. The number of hydrogen-bond donors (Lipinski definition) is 0. The van der Waals surface area contributed by atoms with Crippen molar-refractivity contribution >= 4 is 0 Å². The maximum absolute atomic E-state index is 2.44. The molecule has 1 aromatic carbocycles. The molecule has 0 spiro atoms. The van der Waals surface area contributed by atoms with E-state index in [9.17, 15) is 0 Å². The van der Waals surface area contributed by atoms with Gasteiger partial charge in [0.1, 0.15) is 18.1 Å². The van der Waals surface area contributed by atoms with E-state index >= 15 is 0 Å². The summed E-state index contributed by atoms with van der Waals surface area (Å²) in [4.78, 5) is 0. The first-order valence-corrected chi connectivity index (χ1v) is 10.0. The van der Waals surface area contributed by atoms with Gasteiger partial charge in [0.25, 0.3) is 5.82 Å². The number of hydrogen-bond acceptors (Lipinski definition) is 0. The molecule has 1 heterocycles. The normalized spacial score (nSPS) is 11.1. The van der Waals surface area contributed by atoms with Crippen LogP contribution in [0.4, 0.5) is 0 Å². The van der Waals surface area contributed by atoms with Gasteiger partial charge in [0.15, 0.2) is 0 Å². The zero-order valence-corrected chi connectivity index (χ0v) is 15.7. The van der Waals surface area contributed by atoms with Crippen molar-refractivity contribution in [2.45, 2.75) is 84.6 Å². The van der Waals surface area contributed by atoms with E-state index in [1.54, 1.807) is 0 Å². The average Bonchev–Trinajstić information content (AvgIpc) is 3.01. The summed E-state index contributed by atoms with van der Waals surface area (Å²) in [6.45, 7) is 5.66. The van der Waals surface area contributed by atoms with Gasteiger partial charge in [-0.15, -0.1) is 0 Å². The molecule has 0 radical (unpaired) electrons. The van der Waals surface area contributed by atoms with Crippen LogP contribution in [0.25, 0.3) is 5.69 Å². The van der Waals surface area contributed by atoms with Crippen LogP contribution in [0.3, 0.4) is 0 Å². The van der Waals surface area contributed by atoms with Crippen molar-refractivity contribution in [3.8, 4) is 5.69 Å². The number of unbranched alkanes of at least 4 members (excludes halogenated alkanes) is 7. The van der Waals surface area contributed by atoms with E-state index in [4.69, 9.17) is 0 Å². The molecule has 0 fully saturated rings. The fourth-order valence-corrected chi connectivity index (χ4v) is 3.41. The molecule has 0 atom stereocenters. The summed E-state index contributed by atoms with van der Waals surface area (Å²) in [6.07, 6.45) is 17.9. The van der Waals surface area contributed by atoms with Gasteiger partial charge >= 0.3 is 0 Å². The highest BCUT2D eigenvalue weighted by Gasteiger charge is 2.17. The van der Waals surface area contributed by atoms with Crippen LogP contribution in [-0.4, -0.2) is 4.57 Å². The zero-order valence-electron chi connectivity index (χ0n) is 15.7. The first kappa shape index (κ1) is 18.8. The van der Waals surface area contributed by atoms with Crippen molar-refractivity contribution in [1.82, 2.24) is 4.57 Å². The van der Waals surface area contributed by atoms with Crippen molar-refractivity contribution < 1.29 is 4.57 Å². The van der Waals surface area contributed by atoms with Gasteiger partial charge in [-0.05, 0) is 25.0 Å². The first-order valence-electron chi connectivity index (χ1n) is 10.0. The number of para-hydroxylation sites is 1. The summed E-state index contributed by atoms with van der Waals surface area (Å²) in [6, 6.07) is 10.7. The van der Waals surface area contributed by atoms with Gasteiger partial charge in [-0.25, -0.2) is 4.57 Å². The molecule has 1 aromatic heterocycles. The minimum atomic E-state index is 1.12. The maximum atomic E-state index is 2.44. The Balaban J connectivity index is 1.87. The lowest BCUT2D eigenvalue weighted by Gasteiger charge is -2.05. The van der Waals surface area contributed by atoms with E-state index in [1.807, 2.05) is 0 Å². The van der Waals surface area contributed by atoms with E-state index < -0.39 is 0 Å². The third-order valence-electron chi connectivity index (χ3n) is 4.76. The van der Waals surface area contributed by atoms with Crippen molar-refractivity contribution in [1.29, 1.82) is 0 Å². The van der Waals surface area contributed by atoms with E-state index in [0.717, 1.165) is 6.54 Å². The number of aryl methyl sites for hydroxylation is 1. The number of rotatable bonds is 12. The highest BCUT2D eigenvalue weighted by molar-refractivity contribution is 5.31. The smallest absolute Gasteiger partial charge is 0.234 e. The summed E-state index contributed by atoms with van der Waals surface area (Å²) in [5, 5.41) is 0. The molecule has 0 saturated heterocycles. The largest absolute Gasteiger partial charge is 0.261 e. The van der Waals surface area contributed by atoms with Crippen LogP contribution in [0.5, 0.6) is 0 Å². The third-order valence-corrected chi connectivity index (χ3v) is 4.76. The van der Waals surface area contributed by atoms with Crippen LogP contribution >= 0.6 is 0 Å². The Morgan fingerprint density at radius 3 is 2.12 bits per heavy atom. The van der Waals surface area contributed by atoms with Crippen molar-refractivity contribution in [3.05, 3.63) is 48.5 Å². The quantitative estimate of drug-likeness (QED) is 0.341. The summed E-state index contributed by atoms with van der Waals surface area (Å²) in [7, 11) is 0. The van der Waals surface area contributed by atoms with Crippen molar-refractivity contribution in [2.24, 2.45) is 0 Å². The molecule has 132 valence electrons. The first-order chi connectivity index (χ1) is 11.9. The van der Waals surface area contributed by atoms with E-state index in [1.165, 1.54) is 75.7 Å². The fourth-order valence-electron chi connectivity index (χ4n) is 3.41. The maximum Gasteiger partial charge on any atom is 0.261 e. The Morgan fingerprint density at radius 2 is 1.46 bits per heavy atom. The highest BCUT2D eigenvalue weighted by Crippen LogP contribution is 2.14. The lowest BCUT2D eigenvalue weighted by atomic mass is 10.1. The van der Waals surface area contributed by atoms with Gasteiger partial charge in [-0.1, -0.05) is 77.0 Å². The van der Waals surface area contributed by atoms with Crippen LogP contribution in [0.15, 0.2) is 42.7 Å². The number of aromatic nitrogens is 2. The van der Waals surface area contributed by atoms with Gasteiger partial charge in [-0.2, -0.15) is 4.57 Å². The Bertz CT molecular complexity index is 557. The second-order valence-electron chi connectivity index (χ2n) is 6.84. The van der Waals surface area contributed by atoms with E-state index in [-0.39, 0.29) is 0 Å². The standard InChI is InChI=1S/C22H35N2/c1-3-5-6-7-8-9-10-14-17-22-23(18-4-2)19-20-24(22)21-15-12-11-13-16-21/h11-13,15-16,19-20H,3-10,14,17-18H2,1-2H3/q+1. The molecule has 0 unspecified atom stereocenters. The van der Waals surface area contributed by atoms with Gasteiger partial charge in [-0.3, -0.25) is 0 Å². The molecule has 2 aromatic rings. The van der Waals surface area contributed by atoms with Gasteiger partial charge < -0.3 is 0 Å². The molecule has 2 nitrogen and oxygen atoms in total. The lowest BCUT2D eigenvalue weighted by Crippen LogP contribution is -2.36. The predicted molar refractivity (Wildman–Crippen MR) is 103 cm³/mol. The van der Waals surface area contributed by atoms with Gasteiger partial charge in [0.2, 0.25) is 0 Å². The minimum absolute atomic E-state index is 1.12. The van der Waals surface area contributed by atoms with Gasteiger partial charge in [0, 0.05) is 6.42 Å². The molecule has 2 rings (SSSR count). The summed E-state index contributed by atoms with van der Waals surface area (Å²) >= 11 is 0. The monoisotopic (exact) mass is 327 g/mol. The fraction of sp³-hybridized carbons (Fsp3) is 0.591. The molecule has 0 amide bonds. The Labute approximate surface area is 148 Å². The number of benzene rings is 1. The summed E-state index contributed by atoms with van der Waals surface area (Å²) in [5.41, 5.74) is 1.28. The zero-order chi connectivity index (χ0) is 17.0. The predicted octanol–water partition coefficient (Wildman–Crippen LogP) is 5.86. The molecule has 0 aliphatic rings. The Hall–Kier alpha value is -1.57. The molecular weight excluding hydrogens is 292 g/mol. The minimum Gasteiger partial charge on any atom is -0.234 e. The topological polar surface area (TPSA) is 8.81 Å². The Kier molecular flexibility index (Phi) is 8.65. The molecule has 2 heteroatoms. The second kappa shape index (κ2) is 11.1. The van der Waals surface area contributed by atoms with E-state index in [0.29, 0.717) is 0 Å². The van der Waals surface area contributed by atoms with E-state index in [2.05, 4.69) is 65.7 Å². The Morgan fingerprint density at radius 1 is 0.792 bits per heavy atom. The van der Waals surface area contributed by atoms with Crippen LogP contribution in [0.2, 0.25) is 0 Å². The molecule has 0 N–H and O–H groups in total. The molecule has 24 heavy (non-hydrogen) atoms. The molecule has 0 aliphatic heterocycles. The number of imidazole rings is 1. The highest BCUT2D eigenvalue weighted by atomic mass is 15.1. The average molecular weight is 328 g/mol. The summed E-state index contributed by atoms with van der Waals surface area (Å²) in [5.74, 6) is 1.45. The molecular formula is C22H35N2+. The number of nitrogens with zero attached hydrogens (tertiary/aromatic N) is 2. The van der Waals surface area contributed by atoms with Crippen molar-refractivity contribution in [3.63, 3.8) is 0 Å². The van der Waals surface area contributed by atoms with Crippen LogP contribution < -0.4 is 4.57 Å². The van der Waals surface area contributed by atoms with Gasteiger partial charge in [0.05, 0.1) is 6.54 Å². The SMILES string of the molecule is CCCCCCCCCCc1n(-c2ccccc2)cc[n+]1CCC. The molecule has 0 aliphatic carbocycles. The van der Waals surface area contributed by atoms with Crippen LogP contribution in [-0.2, 0) is 13.0 Å². The molecule has 0 bridgehead atoms. The van der Waals surface area contributed by atoms with Crippen LogP contribution in [0, 0.1) is 0 Å².